The van der Waals surface area contributed by atoms with Gasteiger partial charge in [-0.3, -0.25) is 33.8 Å². The molecule has 2 heterocycles. The number of esters is 3. The third-order valence-corrected chi connectivity index (χ3v) is 8.65. The SMILES string of the molecule is CC#CCC(C)(CC#CC)C(=O)OC.CC(C)(C)OC(=O)N1CC(=O)C1.COC(=O)C1(C(=O)OC)CC2=C(C)CN(C(=O)OC(C)(C)C)CC(=O)C(C)=C2C1.O=C=O. The zero-order valence-electron chi connectivity index (χ0n) is 36.3. The lowest BCUT2D eigenvalue weighted by Crippen LogP contribution is -2.52. The van der Waals surface area contributed by atoms with Gasteiger partial charge in [0.25, 0.3) is 0 Å². The Hall–Kier alpha value is -5.73. The topological polar surface area (TPSA) is 206 Å². The summed E-state index contributed by atoms with van der Waals surface area (Å²) in [5, 5.41) is 0. The summed E-state index contributed by atoms with van der Waals surface area (Å²) in [5.74, 6) is 9.51. The maximum atomic E-state index is 12.8. The van der Waals surface area contributed by atoms with E-state index in [1.54, 1.807) is 62.3 Å². The Bertz CT molecular complexity index is 1750. The lowest BCUT2D eigenvalue weighted by Gasteiger charge is -2.31. The molecule has 0 aromatic rings. The van der Waals surface area contributed by atoms with Crippen LogP contribution in [0.5, 0.6) is 0 Å². The van der Waals surface area contributed by atoms with Crippen LogP contribution in [-0.4, -0.2) is 116 Å². The molecule has 0 radical (unpaired) electrons. The van der Waals surface area contributed by atoms with Gasteiger partial charge in [-0.25, -0.2) is 9.59 Å². The molecule has 0 spiro atoms. The molecule has 0 aromatic heterocycles. The van der Waals surface area contributed by atoms with Crippen LogP contribution in [0.2, 0.25) is 0 Å². The number of rotatable bonds is 5. The Morgan fingerprint density at radius 3 is 1.40 bits per heavy atom. The van der Waals surface area contributed by atoms with Crippen LogP contribution in [0.15, 0.2) is 22.3 Å². The third-order valence-electron chi connectivity index (χ3n) is 8.65. The van der Waals surface area contributed by atoms with Crippen molar-refractivity contribution < 1.29 is 66.8 Å². The Morgan fingerprint density at radius 1 is 0.655 bits per heavy atom. The Balaban J connectivity index is 0.000000927. The quantitative estimate of drug-likeness (QED) is 0.159. The summed E-state index contributed by atoms with van der Waals surface area (Å²) >= 11 is 0. The van der Waals surface area contributed by atoms with Gasteiger partial charge >= 0.3 is 36.2 Å². The maximum Gasteiger partial charge on any atom is 0.411 e. The Morgan fingerprint density at radius 2 is 1.05 bits per heavy atom. The van der Waals surface area contributed by atoms with E-state index in [1.807, 2.05) is 13.8 Å². The molecule has 0 N–H and O–H groups in total. The van der Waals surface area contributed by atoms with Crippen LogP contribution in [0.4, 0.5) is 9.59 Å². The van der Waals surface area contributed by atoms with Crippen LogP contribution in [-0.2, 0) is 57.2 Å². The van der Waals surface area contributed by atoms with E-state index in [9.17, 15) is 33.6 Å². The summed E-state index contributed by atoms with van der Waals surface area (Å²) < 4.78 is 24.9. The average Bonchev–Trinajstić information content (AvgIpc) is 3.54. The standard InChI is InChI=1S/C21H29NO7.C12H16O2.C8H13NO3.CO2/c1-12-10-22(19(26)29-20(3,4)5)11-16(23)13(2)15-9-21(8-14(12)15,17(24)27-6)18(25)28-7;1-5-7-9-12(3,10-8-6-2)11(13)14-4;1-8(2,3)12-7(11)9-4-6(10)5-9;2-1-3/h8-11H2,1-7H3;9-10H2,1-4H3;4-5H2,1-3H3;. The van der Waals surface area contributed by atoms with E-state index in [2.05, 4.69) is 23.7 Å². The number of likely N-dealkylation sites (tertiary alicyclic amines) is 1. The summed E-state index contributed by atoms with van der Waals surface area (Å²) in [6, 6.07) is 0. The number of Topliss-reactive ketones (excluding diaryl/α,β-unsaturated/α-hetero) is 2. The molecule has 3 aliphatic rings. The molecule has 2 amide bonds. The van der Waals surface area contributed by atoms with Crippen molar-refractivity contribution in [1.29, 1.82) is 0 Å². The minimum absolute atomic E-state index is 0.0308. The lowest BCUT2D eigenvalue weighted by atomic mass is 9.84. The number of allylic oxidation sites excluding steroid dienone is 2. The zero-order chi connectivity index (χ0) is 45.2. The van der Waals surface area contributed by atoms with Gasteiger partial charge in [-0.05, 0) is 99.3 Å². The van der Waals surface area contributed by atoms with Crippen molar-refractivity contribution >= 4 is 47.8 Å². The molecule has 0 unspecified atom stereocenters. The van der Waals surface area contributed by atoms with Crippen LogP contribution < -0.4 is 0 Å². The van der Waals surface area contributed by atoms with E-state index in [4.69, 9.17) is 33.3 Å². The van der Waals surface area contributed by atoms with Crippen molar-refractivity contribution in [3.05, 3.63) is 22.3 Å². The second kappa shape index (κ2) is 22.9. The first kappa shape index (κ1) is 52.3. The summed E-state index contributed by atoms with van der Waals surface area (Å²) in [6.07, 6.45) is 0.327. The van der Waals surface area contributed by atoms with Gasteiger partial charge in [0, 0.05) is 25.8 Å². The maximum absolute atomic E-state index is 12.8. The van der Waals surface area contributed by atoms with Crippen LogP contribution >= 0.6 is 0 Å². The van der Waals surface area contributed by atoms with E-state index in [0.29, 0.717) is 29.6 Å². The molecule has 0 aromatic carbocycles. The van der Waals surface area contributed by atoms with Crippen LogP contribution in [0.3, 0.4) is 0 Å². The molecule has 16 heteroatoms. The molecule has 2 aliphatic heterocycles. The van der Waals surface area contributed by atoms with Crippen molar-refractivity contribution in [1.82, 2.24) is 9.80 Å². The predicted molar refractivity (Wildman–Crippen MR) is 208 cm³/mol. The van der Waals surface area contributed by atoms with Gasteiger partial charge in [0.05, 0.1) is 46.4 Å². The molecule has 320 valence electrons. The molecule has 1 saturated heterocycles. The van der Waals surface area contributed by atoms with Crippen LogP contribution in [0, 0.1) is 34.5 Å². The molecule has 2 fully saturated rings. The molecule has 3 rings (SSSR count). The number of hydrogen-bond acceptors (Lipinski definition) is 14. The fourth-order valence-corrected chi connectivity index (χ4v) is 5.62. The first-order valence-electron chi connectivity index (χ1n) is 18.2. The molecule has 58 heavy (non-hydrogen) atoms. The summed E-state index contributed by atoms with van der Waals surface area (Å²) in [4.78, 5) is 103. The number of carbonyl (C=O) groups excluding carboxylic acids is 9. The Labute approximate surface area is 341 Å². The van der Waals surface area contributed by atoms with Gasteiger partial charge in [-0.15, -0.1) is 23.7 Å². The highest BCUT2D eigenvalue weighted by Crippen LogP contribution is 2.49. The number of methoxy groups -OCH3 is 3. The monoisotopic (exact) mass is 814 g/mol. The third kappa shape index (κ3) is 15.7. The second-order valence-electron chi connectivity index (χ2n) is 15.8. The fraction of sp³-hybridized carbons (Fsp3) is 0.619. The minimum atomic E-state index is -1.53. The largest absolute Gasteiger partial charge is 0.469 e. The van der Waals surface area contributed by atoms with E-state index in [0.717, 1.165) is 5.57 Å². The summed E-state index contributed by atoms with van der Waals surface area (Å²) in [5.41, 5.74) is -0.742. The lowest BCUT2D eigenvalue weighted by molar-refractivity contribution is -0.192. The molecular weight excluding hydrogens is 756 g/mol. The van der Waals surface area contributed by atoms with Gasteiger partial charge in [0.2, 0.25) is 0 Å². The van der Waals surface area contributed by atoms with Crippen molar-refractivity contribution in [3.8, 4) is 23.7 Å². The molecule has 1 aliphatic carbocycles. The van der Waals surface area contributed by atoms with Crippen molar-refractivity contribution in [2.45, 2.75) is 113 Å². The first-order valence-corrected chi connectivity index (χ1v) is 18.2. The zero-order valence-corrected chi connectivity index (χ0v) is 36.3. The van der Waals surface area contributed by atoms with Crippen molar-refractivity contribution in [2.75, 3.05) is 47.5 Å². The number of hydrogen-bond donors (Lipinski definition) is 0. The van der Waals surface area contributed by atoms with Crippen molar-refractivity contribution in [2.24, 2.45) is 10.8 Å². The van der Waals surface area contributed by atoms with Gasteiger partial charge in [-0.2, -0.15) is 9.59 Å². The van der Waals surface area contributed by atoms with E-state index >= 15 is 0 Å². The molecule has 1 saturated carbocycles. The second-order valence-corrected chi connectivity index (χ2v) is 15.8. The summed E-state index contributed by atoms with van der Waals surface area (Å²) in [7, 11) is 3.82. The van der Waals surface area contributed by atoms with Gasteiger partial charge in [0.1, 0.15) is 11.2 Å². The molecule has 0 bridgehead atoms. The van der Waals surface area contributed by atoms with Gasteiger partial charge in [-0.1, -0.05) is 5.57 Å². The number of ether oxygens (including phenoxy) is 5. The van der Waals surface area contributed by atoms with Crippen LogP contribution in [0.25, 0.3) is 0 Å². The highest BCUT2D eigenvalue weighted by molar-refractivity contribution is 6.04. The average molecular weight is 815 g/mol. The van der Waals surface area contributed by atoms with Gasteiger partial charge in [0.15, 0.2) is 17.0 Å². The summed E-state index contributed by atoms with van der Waals surface area (Å²) in [6.45, 7) is 19.9. The molecule has 16 nitrogen and oxygen atoms in total. The highest BCUT2D eigenvalue weighted by atomic mass is 16.6. The van der Waals surface area contributed by atoms with E-state index in [-0.39, 0.29) is 62.7 Å². The minimum Gasteiger partial charge on any atom is -0.469 e. The molecular formula is C42H58N2O14. The number of fused-ring (bicyclic) bond motifs is 1. The number of nitrogens with zero attached hydrogens (tertiary/aromatic N) is 2. The smallest absolute Gasteiger partial charge is 0.411 e. The number of carbonyl (C=O) groups is 7. The van der Waals surface area contributed by atoms with E-state index < -0.39 is 46.2 Å². The fourth-order valence-electron chi connectivity index (χ4n) is 5.62. The van der Waals surface area contributed by atoms with Crippen molar-refractivity contribution in [3.63, 3.8) is 0 Å². The normalized spacial score (nSPS) is 15.6. The van der Waals surface area contributed by atoms with Crippen LogP contribution in [0.1, 0.15) is 102 Å². The first-order chi connectivity index (χ1) is 26.8. The molecule has 0 atom stereocenters. The highest BCUT2D eigenvalue weighted by Gasteiger charge is 2.55. The number of ketones is 2. The van der Waals surface area contributed by atoms with Gasteiger partial charge < -0.3 is 23.7 Å². The Kier molecular flexibility index (Phi) is 20.6. The number of amides is 2. The predicted octanol–water partition coefficient (Wildman–Crippen LogP) is 4.78. The van der Waals surface area contributed by atoms with E-state index in [1.165, 1.54) is 31.1 Å².